The smallest absolute Gasteiger partial charge is 0.237 e. The number of hydrogen-bond donors (Lipinski definition) is 2. The molecule has 1 aromatic rings. The fourth-order valence-corrected chi connectivity index (χ4v) is 2.50. The molecular weight excluding hydrogens is 256 g/mol. The lowest BCUT2D eigenvalue weighted by Gasteiger charge is -2.24. The van der Waals surface area contributed by atoms with Crippen molar-refractivity contribution in [1.29, 1.82) is 0 Å². The zero-order valence-corrected chi connectivity index (χ0v) is 12.4. The summed E-state index contributed by atoms with van der Waals surface area (Å²) in [6, 6.07) is 7.87. The Bertz CT molecular complexity index is 527. The highest BCUT2D eigenvalue weighted by Crippen LogP contribution is 2.47. The number of amides is 1. The third-order valence-electron chi connectivity index (χ3n) is 3.64. The Hall–Kier alpha value is -1.42. The van der Waals surface area contributed by atoms with E-state index in [-0.39, 0.29) is 11.3 Å². The Kier molecular flexibility index (Phi) is 3.39. The molecule has 4 heteroatoms. The van der Waals surface area contributed by atoms with E-state index in [2.05, 4.69) is 26.1 Å². The van der Waals surface area contributed by atoms with E-state index in [1.54, 1.807) is 0 Å². The fourth-order valence-electron chi connectivity index (χ4n) is 2.20. The first-order valence-electron chi connectivity index (χ1n) is 6.48. The SMILES string of the molecule is CC(C)(C)c1ccccc1NC(=O)C1(C(N)=S)CC1. The quantitative estimate of drug-likeness (QED) is 0.834. The van der Waals surface area contributed by atoms with Gasteiger partial charge >= 0.3 is 0 Å². The van der Waals surface area contributed by atoms with E-state index in [0.29, 0.717) is 4.99 Å². The van der Waals surface area contributed by atoms with Gasteiger partial charge in [-0.25, -0.2) is 0 Å². The summed E-state index contributed by atoms with van der Waals surface area (Å²) in [4.78, 5) is 12.6. The summed E-state index contributed by atoms with van der Waals surface area (Å²) in [5.74, 6) is -0.0725. The maximum atomic E-state index is 12.3. The Morgan fingerprint density at radius 1 is 1.32 bits per heavy atom. The first-order chi connectivity index (χ1) is 8.77. The number of anilines is 1. The van der Waals surface area contributed by atoms with Gasteiger partial charge in [-0.15, -0.1) is 0 Å². The Labute approximate surface area is 119 Å². The minimum atomic E-state index is -0.611. The van der Waals surface area contributed by atoms with E-state index in [9.17, 15) is 4.79 Å². The molecule has 1 saturated carbocycles. The van der Waals surface area contributed by atoms with E-state index >= 15 is 0 Å². The van der Waals surface area contributed by atoms with Gasteiger partial charge in [0.05, 0.1) is 10.4 Å². The van der Waals surface area contributed by atoms with Crippen LogP contribution in [0.1, 0.15) is 39.2 Å². The highest BCUT2D eigenvalue weighted by Gasteiger charge is 2.52. The summed E-state index contributed by atoms with van der Waals surface area (Å²) in [5.41, 5.74) is 7.01. The van der Waals surface area contributed by atoms with Crippen molar-refractivity contribution >= 4 is 28.8 Å². The largest absolute Gasteiger partial charge is 0.392 e. The average molecular weight is 276 g/mol. The van der Waals surface area contributed by atoms with Gasteiger partial charge in [-0.3, -0.25) is 4.79 Å². The third-order valence-corrected chi connectivity index (χ3v) is 4.03. The van der Waals surface area contributed by atoms with E-state index < -0.39 is 5.41 Å². The number of nitrogens with two attached hydrogens (primary N) is 1. The summed E-state index contributed by atoms with van der Waals surface area (Å²) < 4.78 is 0. The molecule has 3 N–H and O–H groups in total. The molecule has 0 radical (unpaired) electrons. The van der Waals surface area contributed by atoms with Crippen LogP contribution in [-0.4, -0.2) is 10.9 Å². The first kappa shape index (κ1) is 14.0. The number of thiocarbonyl (C=S) groups is 1. The molecule has 1 aliphatic carbocycles. The second-order valence-electron chi connectivity index (χ2n) is 6.20. The Morgan fingerprint density at radius 2 is 1.89 bits per heavy atom. The lowest BCUT2D eigenvalue weighted by Crippen LogP contribution is -2.35. The number of para-hydroxylation sites is 1. The molecule has 0 spiro atoms. The highest BCUT2D eigenvalue weighted by molar-refractivity contribution is 7.80. The molecule has 0 aliphatic heterocycles. The van der Waals surface area contributed by atoms with Crippen molar-refractivity contribution in [3.8, 4) is 0 Å². The molecule has 0 bridgehead atoms. The minimum Gasteiger partial charge on any atom is -0.392 e. The van der Waals surface area contributed by atoms with Gasteiger partial charge in [-0.1, -0.05) is 51.2 Å². The van der Waals surface area contributed by atoms with Crippen LogP contribution >= 0.6 is 12.2 Å². The van der Waals surface area contributed by atoms with Gasteiger partial charge in [-0.05, 0) is 29.9 Å². The van der Waals surface area contributed by atoms with Crippen LogP contribution in [0.25, 0.3) is 0 Å². The van der Waals surface area contributed by atoms with Crippen molar-refractivity contribution in [3.05, 3.63) is 29.8 Å². The first-order valence-corrected chi connectivity index (χ1v) is 6.89. The van der Waals surface area contributed by atoms with Crippen LogP contribution in [0.15, 0.2) is 24.3 Å². The van der Waals surface area contributed by atoms with Crippen LogP contribution in [0.2, 0.25) is 0 Å². The number of hydrogen-bond acceptors (Lipinski definition) is 2. The van der Waals surface area contributed by atoms with E-state index in [1.165, 1.54) is 0 Å². The zero-order valence-electron chi connectivity index (χ0n) is 11.6. The Balaban J connectivity index is 2.26. The van der Waals surface area contributed by atoms with Crippen LogP contribution in [0.5, 0.6) is 0 Å². The van der Waals surface area contributed by atoms with Crippen molar-refractivity contribution in [3.63, 3.8) is 0 Å². The number of carbonyl (C=O) groups excluding carboxylic acids is 1. The molecule has 19 heavy (non-hydrogen) atoms. The predicted octanol–water partition coefficient (Wildman–Crippen LogP) is 2.99. The van der Waals surface area contributed by atoms with Crippen LogP contribution in [-0.2, 0) is 10.2 Å². The highest BCUT2D eigenvalue weighted by atomic mass is 32.1. The molecule has 1 aromatic carbocycles. The molecule has 0 unspecified atom stereocenters. The van der Waals surface area contributed by atoms with Gasteiger partial charge in [0.2, 0.25) is 5.91 Å². The van der Waals surface area contributed by atoms with Crippen LogP contribution in [0, 0.1) is 5.41 Å². The van der Waals surface area contributed by atoms with Crippen LogP contribution < -0.4 is 11.1 Å². The summed E-state index contributed by atoms with van der Waals surface area (Å²) in [7, 11) is 0. The van der Waals surface area contributed by atoms with E-state index in [1.807, 2.05) is 24.3 Å². The molecule has 1 fully saturated rings. The summed E-state index contributed by atoms with van der Waals surface area (Å²) in [6.07, 6.45) is 1.51. The minimum absolute atomic E-state index is 0.0240. The van der Waals surface area contributed by atoms with Crippen LogP contribution in [0.3, 0.4) is 0 Å². The van der Waals surface area contributed by atoms with E-state index in [0.717, 1.165) is 24.1 Å². The Morgan fingerprint density at radius 3 is 2.37 bits per heavy atom. The maximum absolute atomic E-state index is 12.3. The molecule has 0 saturated heterocycles. The van der Waals surface area contributed by atoms with Gasteiger partial charge in [0.15, 0.2) is 0 Å². The average Bonchev–Trinajstić information content (AvgIpc) is 3.09. The summed E-state index contributed by atoms with van der Waals surface area (Å²) >= 11 is 5.01. The van der Waals surface area contributed by atoms with Gasteiger partial charge in [0, 0.05) is 5.69 Å². The number of rotatable bonds is 3. The monoisotopic (exact) mass is 276 g/mol. The molecule has 1 amide bonds. The van der Waals surface area contributed by atoms with Gasteiger partial charge in [0.25, 0.3) is 0 Å². The second-order valence-corrected chi connectivity index (χ2v) is 6.64. The molecular formula is C15H20N2OS. The summed E-state index contributed by atoms with van der Waals surface area (Å²) in [6.45, 7) is 6.37. The van der Waals surface area contributed by atoms with Crippen molar-refractivity contribution < 1.29 is 4.79 Å². The maximum Gasteiger partial charge on any atom is 0.237 e. The lowest BCUT2D eigenvalue weighted by molar-refractivity contribution is -0.118. The van der Waals surface area contributed by atoms with Gasteiger partial charge in [0.1, 0.15) is 0 Å². The number of carbonyl (C=O) groups is 1. The zero-order chi connectivity index (χ0) is 14.3. The third kappa shape index (κ3) is 2.63. The van der Waals surface area contributed by atoms with Crippen molar-refractivity contribution in [1.82, 2.24) is 0 Å². The molecule has 102 valence electrons. The van der Waals surface area contributed by atoms with Crippen LogP contribution in [0.4, 0.5) is 5.69 Å². The standard InChI is InChI=1S/C15H20N2OS/c1-14(2,3)10-6-4-5-7-11(10)17-13(18)15(8-9-15)12(16)19/h4-7H,8-9H2,1-3H3,(H2,16,19)(H,17,18). The molecule has 0 atom stereocenters. The summed E-state index contributed by atoms with van der Waals surface area (Å²) in [5, 5.41) is 2.99. The van der Waals surface area contributed by atoms with Crippen molar-refractivity contribution in [2.45, 2.75) is 39.0 Å². The molecule has 1 aliphatic rings. The predicted molar refractivity (Wildman–Crippen MR) is 82.2 cm³/mol. The molecule has 2 rings (SSSR count). The van der Waals surface area contributed by atoms with Crippen molar-refractivity contribution in [2.24, 2.45) is 11.1 Å². The topological polar surface area (TPSA) is 55.1 Å². The normalized spacial score (nSPS) is 16.8. The number of nitrogens with one attached hydrogen (secondary N) is 1. The number of benzene rings is 1. The van der Waals surface area contributed by atoms with E-state index in [4.69, 9.17) is 18.0 Å². The van der Waals surface area contributed by atoms with Gasteiger partial charge < -0.3 is 11.1 Å². The van der Waals surface area contributed by atoms with Crippen molar-refractivity contribution in [2.75, 3.05) is 5.32 Å². The molecule has 0 heterocycles. The lowest BCUT2D eigenvalue weighted by atomic mass is 9.85. The molecule has 0 aromatic heterocycles. The molecule has 3 nitrogen and oxygen atoms in total. The van der Waals surface area contributed by atoms with Gasteiger partial charge in [-0.2, -0.15) is 0 Å². The second kappa shape index (κ2) is 4.60. The fraction of sp³-hybridized carbons (Fsp3) is 0.467.